The van der Waals surface area contributed by atoms with Crippen LogP contribution in [0.15, 0.2) is 18.3 Å². The Morgan fingerprint density at radius 1 is 1.30 bits per heavy atom. The van der Waals surface area contributed by atoms with E-state index in [0.29, 0.717) is 5.75 Å². The maximum Gasteiger partial charge on any atom is 0.267 e. The second kappa shape index (κ2) is 6.54. The molecule has 1 unspecified atom stereocenters. The summed E-state index contributed by atoms with van der Waals surface area (Å²) < 4.78 is 5.94. The summed E-state index contributed by atoms with van der Waals surface area (Å²) in [6, 6.07) is 3.33. The van der Waals surface area contributed by atoms with Crippen LogP contribution in [0.3, 0.4) is 0 Å². The SMILES string of the molecule is CN1CCC(N2CCC(Oc3ccnc(C(N)=O)c3)CC2)C1=O. The Labute approximate surface area is 135 Å². The van der Waals surface area contributed by atoms with Crippen molar-refractivity contribution in [2.75, 3.05) is 26.7 Å². The van der Waals surface area contributed by atoms with E-state index in [9.17, 15) is 9.59 Å². The largest absolute Gasteiger partial charge is 0.490 e. The predicted molar refractivity (Wildman–Crippen MR) is 84.0 cm³/mol. The zero-order valence-electron chi connectivity index (χ0n) is 13.3. The van der Waals surface area contributed by atoms with Gasteiger partial charge in [-0.3, -0.25) is 19.5 Å². The third-order valence-corrected chi connectivity index (χ3v) is 4.60. The summed E-state index contributed by atoms with van der Waals surface area (Å²) in [5.74, 6) is 0.280. The van der Waals surface area contributed by atoms with Gasteiger partial charge in [0.1, 0.15) is 17.5 Å². The van der Waals surface area contributed by atoms with Gasteiger partial charge < -0.3 is 15.4 Å². The van der Waals surface area contributed by atoms with Crippen LogP contribution in [-0.4, -0.2) is 65.4 Å². The average Bonchev–Trinajstić information content (AvgIpc) is 2.88. The van der Waals surface area contributed by atoms with Crippen LogP contribution in [0.2, 0.25) is 0 Å². The molecule has 7 heteroatoms. The Kier molecular flexibility index (Phi) is 4.47. The zero-order valence-corrected chi connectivity index (χ0v) is 13.3. The maximum absolute atomic E-state index is 12.1. The van der Waals surface area contributed by atoms with E-state index in [0.717, 1.165) is 38.9 Å². The van der Waals surface area contributed by atoms with E-state index in [1.165, 1.54) is 6.20 Å². The number of pyridine rings is 1. The van der Waals surface area contributed by atoms with Gasteiger partial charge in [-0.15, -0.1) is 0 Å². The van der Waals surface area contributed by atoms with Crippen molar-refractivity contribution in [3.63, 3.8) is 0 Å². The molecule has 23 heavy (non-hydrogen) atoms. The van der Waals surface area contributed by atoms with E-state index in [1.54, 1.807) is 17.0 Å². The quantitative estimate of drug-likeness (QED) is 0.860. The molecule has 2 N–H and O–H groups in total. The first-order valence-electron chi connectivity index (χ1n) is 7.96. The van der Waals surface area contributed by atoms with E-state index < -0.39 is 5.91 Å². The highest BCUT2D eigenvalue weighted by Gasteiger charge is 2.36. The van der Waals surface area contributed by atoms with Crippen LogP contribution in [0.5, 0.6) is 5.75 Å². The fourth-order valence-corrected chi connectivity index (χ4v) is 3.26. The highest BCUT2D eigenvalue weighted by atomic mass is 16.5. The molecular weight excluding hydrogens is 296 g/mol. The Bertz CT molecular complexity index is 599. The van der Waals surface area contributed by atoms with Crippen molar-refractivity contribution in [2.45, 2.75) is 31.4 Å². The minimum atomic E-state index is -0.561. The number of piperidine rings is 1. The van der Waals surface area contributed by atoms with Gasteiger partial charge in [0.15, 0.2) is 0 Å². The van der Waals surface area contributed by atoms with Gasteiger partial charge >= 0.3 is 0 Å². The van der Waals surface area contributed by atoms with Crippen LogP contribution in [-0.2, 0) is 4.79 Å². The van der Waals surface area contributed by atoms with E-state index in [-0.39, 0.29) is 23.7 Å². The van der Waals surface area contributed by atoms with Crippen molar-refractivity contribution in [2.24, 2.45) is 5.73 Å². The van der Waals surface area contributed by atoms with Gasteiger partial charge in [-0.2, -0.15) is 0 Å². The van der Waals surface area contributed by atoms with Crippen molar-refractivity contribution < 1.29 is 14.3 Å². The fraction of sp³-hybridized carbons (Fsp3) is 0.562. The first-order chi connectivity index (χ1) is 11.0. The third-order valence-electron chi connectivity index (χ3n) is 4.60. The number of amides is 2. The van der Waals surface area contributed by atoms with Gasteiger partial charge in [0, 0.05) is 38.9 Å². The normalized spacial score (nSPS) is 23.3. The summed E-state index contributed by atoms with van der Waals surface area (Å²) >= 11 is 0. The van der Waals surface area contributed by atoms with Crippen LogP contribution in [0.4, 0.5) is 0 Å². The maximum atomic E-state index is 12.1. The standard InChI is InChI=1S/C16H22N4O3/c1-19-7-5-14(16(19)22)20-8-3-11(4-9-20)23-12-2-6-18-13(10-12)15(17)21/h2,6,10-11,14H,3-5,7-9H2,1H3,(H2,17,21). The van der Waals surface area contributed by atoms with Crippen molar-refractivity contribution >= 4 is 11.8 Å². The summed E-state index contributed by atoms with van der Waals surface area (Å²) in [5.41, 5.74) is 5.44. The van der Waals surface area contributed by atoms with Gasteiger partial charge in [-0.25, -0.2) is 0 Å². The molecule has 124 valence electrons. The fourth-order valence-electron chi connectivity index (χ4n) is 3.26. The third kappa shape index (κ3) is 3.44. The molecule has 0 bridgehead atoms. The van der Waals surface area contributed by atoms with Crippen molar-refractivity contribution in [1.29, 1.82) is 0 Å². The molecule has 1 aromatic rings. The van der Waals surface area contributed by atoms with Crippen molar-refractivity contribution in [3.8, 4) is 5.75 Å². The number of aromatic nitrogens is 1. The molecule has 1 atom stereocenters. The molecule has 2 saturated heterocycles. The number of hydrogen-bond donors (Lipinski definition) is 1. The summed E-state index contributed by atoms with van der Waals surface area (Å²) in [6.45, 7) is 2.54. The molecule has 3 rings (SSSR count). The Morgan fingerprint density at radius 2 is 2.04 bits per heavy atom. The van der Waals surface area contributed by atoms with Crippen LogP contribution in [0.25, 0.3) is 0 Å². The molecule has 2 fully saturated rings. The Balaban J connectivity index is 1.54. The summed E-state index contributed by atoms with van der Waals surface area (Å²) in [7, 11) is 1.86. The summed E-state index contributed by atoms with van der Waals surface area (Å²) in [6.07, 6.45) is 4.25. The van der Waals surface area contributed by atoms with Gasteiger partial charge in [0.05, 0.1) is 6.04 Å². The van der Waals surface area contributed by atoms with Gasteiger partial charge in [0.25, 0.3) is 5.91 Å². The van der Waals surface area contributed by atoms with Crippen molar-refractivity contribution in [3.05, 3.63) is 24.0 Å². The topological polar surface area (TPSA) is 88.8 Å². The minimum Gasteiger partial charge on any atom is -0.490 e. The number of likely N-dealkylation sites (tertiary alicyclic amines) is 2. The number of carbonyl (C=O) groups is 2. The van der Waals surface area contributed by atoms with E-state index in [2.05, 4.69) is 9.88 Å². The van der Waals surface area contributed by atoms with Crippen molar-refractivity contribution in [1.82, 2.24) is 14.8 Å². The molecule has 0 aliphatic carbocycles. The molecule has 0 radical (unpaired) electrons. The average molecular weight is 318 g/mol. The molecule has 0 aromatic carbocycles. The molecule has 0 spiro atoms. The number of likely N-dealkylation sites (N-methyl/N-ethyl adjacent to an activating group) is 1. The first kappa shape index (κ1) is 15.7. The molecule has 7 nitrogen and oxygen atoms in total. The van der Waals surface area contributed by atoms with Gasteiger partial charge in [-0.1, -0.05) is 0 Å². The molecular formula is C16H22N4O3. The lowest BCUT2D eigenvalue weighted by Gasteiger charge is -2.35. The van der Waals surface area contributed by atoms with E-state index >= 15 is 0 Å². The lowest BCUT2D eigenvalue weighted by atomic mass is 10.0. The molecule has 0 saturated carbocycles. The highest BCUT2D eigenvalue weighted by molar-refractivity contribution is 5.91. The molecule has 2 amide bonds. The second-order valence-corrected chi connectivity index (χ2v) is 6.16. The second-order valence-electron chi connectivity index (χ2n) is 6.16. The minimum absolute atomic E-state index is 0.0309. The highest BCUT2D eigenvalue weighted by Crippen LogP contribution is 2.23. The Hall–Kier alpha value is -2.15. The summed E-state index contributed by atoms with van der Waals surface area (Å²) in [5, 5.41) is 0. The number of nitrogens with zero attached hydrogens (tertiary/aromatic N) is 3. The number of hydrogen-bond acceptors (Lipinski definition) is 5. The molecule has 1 aromatic heterocycles. The number of nitrogens with two attached hydrogens (primary N) is 1. The first-order valence-corrected chi connectivity index (χ1v) is 7.96. The van der Waals surface area contributed by atoms with Gasteiger partial charge in [0.2, 0.25) is 5.91 Å². The smallest absolute Gasteiger partial charge is 0.267 e. The Morgan fingerprint density at radius 3 is 2.65 bits per heavy atom. The summed E-state index contributed by atoms with van der Waals surface area (Å²) in [4.78, 5) is 31.2. The predicted octanol–water partition coefficient (Wildman–Crippen LogP) is 0.254. The number of rotatable bonds is 4. The molecule has 2 aliphatic heterocycles. The lowest BCUT2D eigenvalue weighted by Crippen LogP contribution is -2.47. The van der Waals surface area contributed by atoms with Gasteiger partial charge in [-0.05, 0) is 25.3 Å². The van der Waals surface area contributed by atoms with Crippen LogP contribution in [0, 0.1) is 0 Å². The lowest BCUT2D eigenvalue weighted by molar-refractivity contribution is -0.131. The number of primary amides is 1. The zero-order chi connectivity index (χ0) is 16.4. The van der Waals surface area contributed by atoms with E-state index in [1.807, 2.05) is 7.05 Å². The van der Waals surface area contributed by atoms with E-state index in [4.69, 9.17) is 10.5 Å². The van der Waals surface area contributed by atoms with Crippen LogP contribution in [0.1, 0.15) is 29.8 Å². The molecule has 3 heterocycles. The monoisotopic (exact) mass is 318 g/mol. The molecule has 2 aliphatic rings. The number of ether oxygens (including phenoxy) is 1. The number of carbonyl (C=O) groups excluding carboxylic acids is 2. The van der Waals surface area contributed by atoms with Crippen LogP contribution >= 0.6 is 0 Å². The van der Waals surface area contributed by atoms with Crippen LogP contribution < -0.4 is 10.5 Å².